The fourth-order valence-corrected chi connectivity index (χ4v) is 1.82. The van der Waals surface area contributed by atoms with Crippen molar-refractivity contribution in [1.82, 2.24) is 0 Å². The molecule has 3 nitrogen and oxygen atoms in total. The first-order chi connectivity index (χ1) is 9.51. The molecule has 0 unspecified atom stereocenters. The van der Waals surface area contributed by atoms with Crippen molar-refractivity contribution in [2.24, 2.45) is 0 Å². The molecular weight excluding hydrogens is 262 g/mol. The Morgan fingerprint density at radius 2 is 1.90 bits per heavy atom. The molecule has 3 N–H and O–H groups in total. The first-order valence-electron chi connectivity index (χ1n) is 6.26. The number of halogens is 2. The van der Waals surface area contributed by atoms with E-state index in [1.165, 1.54) is 24.3 Å². The van der Waals surface area contributed by atoms with Crippen molar-refractivity contribution in [3.63, 3.8) is 0 Å². The molecule has 20 heavy (non-hydrogen) atoms. The highest BCUT2D eigenvalue weighted by Gasteiger charge is 2.10. The smallest absolute Gasteiger partial charge is 0.167 e. The number of aryl methyl sites for hydroxylation is 1. The van der Waals surface area contributed by atoms with Crippen LogP contribution in [-0.4, -0.2) is 6.61 Å². The molecule has 0 fully saturated rings. The van der Waals surface area contributed by atoms with E-state index in [0.717, 1.165) is 5.56 Å². The van der Waals surface area contributed by atoms with Crippen LogP contribution in [0.2, 0.25) is 0 Å². The second-order valence-corrected chi connectivity index (χ2v) is 4.39. The van der Waals surface area contributed by atoms with Crippen LogP contribution in [0.3, 0.4) is 0 Å². The standard InChI is InChI=1S/C15H16F2N2O/c1-3-20-15-8-14(12(18)7-11(15)17)19-13-6-10(16)5-4-9(13)2/h4-8,19H,3,18H2,1-2H3. The molecule has 0 saturated carbocycles. The predicted octanol–water partition coefficient (Wildman–Crippen LogP) is 4.00. The van der Waals surface area contributed by atoms with Crippen molar-refractivity contribution >= 4 is 17.1 Å². The second kappa shape index (κ2) is 5.77. The Morgan fingerprint density at radius 1 is 1.15 bits per heavy atom. The van der Waals surface area contributed by atoms with Crippen LogP contribution in [-0.2, 0) is 0 Å². The molecule has 0 bridgehead atoms. The Labute approximate surface area is 116 Å². The predicted molar refractivity (Wildman–Crippen MR) is 76.4 cm³/mol. The molecule has 0 aliphatic carbocycles. The molecule has 0 aromatic heterocycles. The summed E-state index contributed by atoms with van der Waals surface area (Å²) in [5.41, 5.74) is 7.91. The Morgan fingerprint density at radius 3 is 2.60 bits per heavy atom. The monoisotopic (exact) mass is 278 g/mol. The lowest BCUT2D eigenvalue weighted by Gasteiger charge is -2.14. The SMILES string of the molecule is CCOc1cc(Nc2cc(F)ccc2C)c(N)cc1F. The molecule has 0 aliphatic heterocycles. The van der Waals surface area contributed by atoms with Crippen LogP contribution in [0.1, 0.15) is 12.5 Å². The molecule has 106 valence electrons. The van der Waals surface area contributed by atoms with Crippen molar-refractivity contribution in [2.45, 2.75) is 13.8 Å². The van der Waals surface area contributed by atoms with Crippen LogP contribution in [0.15, 0.2) is 30.3 Å². The molecule has 5 heteroatoms. The van der Waals surface area contributed by atoms with Crippen LogP contribution in [0.5, 0.6) is 5.75 Å². The van der Waals surface area contributed by atoms with Gasteiger partial charge in [0.2, 0.25) is 0 Å². The zero-order chi connectivity index (χ0) is 14.7. The lowest BCUT2D eigenvalue weighted by Crippen LogP contribution is -2.02. The first kappa shape index (κ1) is 14.1. The maximum Gasteiger partial charge on any atom is 0.167 e. The lowest BCUT2D eigenvalue weighted by atomic mass is 10.1. The molecule has 0 atom stereocenters. The minimum atomic E-state index is -0.522. The number of nitrogens with one attached hydrogen (secondary N) is 1. The third-order valence-corrected chi connectivity index (χ3v) is 2.87. The second-order valence-electron chi connectivity index (χ2n) is 4.39. The van der Waals surface area contributed by atoms with Gasteiger partial charge in [-0.2, -0.15) is 0 Å². The summed E-state index contributed by atoms with van der Waals surface area (Å²) in [6, 6.07) is 7.04. The van der Waals surface area contributed by atoms with Gasteiger partial charge in [0.25, 0.3) is 0 Å². The summed E-state index contributed by atoms with van der Waals surface area (Å²) in [6.45, 7) is 3.95. The van der Waals surface area contributed by atoms with E-state index < -0.39 is 5.82 Å². The van der Waals surface area contributed by atoms with Crippen molar-refractivity contribution in [3.8, 4) is 5.75 Å². The van der Waals surface area contributed by atoms with Gasteiger partial charge < -0.3 is 15.8 Å². The third-order valence-electron chi connectivity index (χ3n) is 2.87. The van der Waals surface area contributed by atoms with E-state index in [1.54, 1.807) is 13.0 Å². The average molecular weight is 278 g/mol. The van der Waals surface area contributed by atoms with Gasteiger partial charge in [-0.1, -0.05) is 6.07 Å². The van der Waals surface area contributed by atoms with Gasteiger partial charge in [-0.3, -0.25) is 0 Å². The summed E-state index contributed by atoms with van der Waals surface area (Å²) in [5, 5.41) is 3.00. The van der Waals surface area contributed by atoms with E-state index >= 15 is 0 Å². The number of hydrogen-bond acceptors (Lipinski definition) is 3. The summed E-state index contributed by atoms with van der Waals surface area (Å²) in [4.78, 5) is 0. The molecular formula is C15H16F2N2O. The van der Waals surface area contributed by atoms with Gasteiger partial charge in [0, 0.05) is 17.8 Å². The number of anilines is 3. The van der Waals surface area contributed by atoms with Crippen LogP contribution in [0.4, 0.5) is 25.8 Å². The van der Waals surface area contributed by atoms with Crippen molar-refractivity contribution in [1.29, 1.82) is 0 Å². The van der Waals surface area contributed by atoms with Crippen LogP contribution in [0, 0.1) is 18.6 Å². The van der Waals surface area contributed by atoms with Gasteiger partial charge >= 0.3 is 0 Å². The van der Waals surface area contributed by atoms with Crippen molar-refractivity contribution < 1.29 is 13.5 Å². The fourth-order valence-electron chi connectivity index (χ4n) is 1.82. The van der Waals surface area contributed by atoms with Crippen molar-refractivity contribution in [3.05, 3.63) is 47.5 Å². The Balaban J connectivity index is 2.37. The summed E-state index contributed by atoms with van der Waals surface area (Å²) in [7, 11) is 0. The average Bonchev–Trinajstić information content (AvgIpc) is 2.39. The third kappa shape index (κ3) is 2.99. The van der Waals surface area contributed by atoms with E-state index in [9.17, 15) is 8.78 Å². The number of rotatable bonds is 4. The van der Waals surface area contributed by atoms with E-state index in [4.69, 9.17) is 10.5 Å². The van der Waals surface area contributed by atoms with Crippen molar-refractivity contribution in [2.75, 3.05) is 17.7 Å². The summed E-state index contributed by atoms with van der Waals surface area (Å²) < 4.78 is 32.0. The Hall–Kier alpha value is -2.30. The van der Waals surface area contributed by atoms with Crippen LogP contribution >= 0.6 is 0 Å². The molecule has 2 aromatic carbocycles. The van der Waals surface area contributed by atoms with E-state index in [2.05, 4.69) is 5.32 Å². The number of hydrogen-bond donors (Lipinski definition) is 2. The zero-order valence-electron chi connectivity index (χ0n) is 11.3. The minimum absolute atomic E-state index is 0.109. The Kier molecular flexibility index (Phi) is 4.08. The highest BCUT2D eigenvalue weighted by molar-refractivity contribution is 5.75. The summed E-state index contributed by atoms with van der Waals surface area (Å²) in [5.74, 6) is -0.770. The number of ether oxygens (including phenoxy) is 1. The Bertz CT molecular complexity index is 630. The molecule has 0 amide bonds. The zero-order valence-corrected chi connectivity index (χ0v) is 11.3. The number of nitrogen functional groups attached to an aromatic ring is 1. The topological polar surface area (TPSA) is 47.3 Å². The van der Waals surface area contributed by atoms with E-state index in [0.29, 0.717) is 18.0 Å². The molecule has 0 radical (unpaired) electrons. The maximum atomic E-state index is 13.6. The highest BCUT2D eigenvalue weighted by Crippen LogP contribution is 2.31. The van der Waals surface area contributed by atoms with Crippen LogP contribution < -0.4 is 15.8 Å². The summed E-state index contributed by atoms with van der Waals surface area (Å²) in [6.07, 6.45) is 0. The number of nitrogens with two attached hydrogens (primary N) is 1. The largest absolute Gasteiger partial charge is 0.491 e. The van der Waals surface area contributed by atoms with Gasteiger partial charge in [0.15, 0.2) is 11.6 Å². The molecule has 2 rings (SSSR count). The van der Waals surface area contributed by atoms with Gasteiger partial charge in [-0.05, 0) is 31.5 Å². The van der Waals surface area contributed by atoms with E-state index in [-0.39, 0.29) is 17.3 Å². The van der Waals surface area contributed by atoms with Gasteiger partial charge in [-0.25, -0.2) is 8.78 Å². The molecule has 0 aliphatic rings. The summed E-state index contributed by atoms with van der Waals surface area (Å²) >= 11 is 0. The maximum absolute atomic E-state index is 13.6. The molecule has 2 aromatic rings. The quantitative estimate of drug-likeness (QED) is 0.831. The van der Waals surface area contributed by atoms with Gasteiger partial charge in [0.1, 0.15) is 5.82 Å². The van der Waals surface area contributed by atoms with E-state index in [1.807, 2.05) is 6.92 Å². The molecule has 0 saturated heterocycles. The van der Waals surface area contributed by atoms with Gasteiger partial charge in [-0.15, -0.1) is 0 Å². The first-order valence-corrected chi connectivity index (χ1v) is 6.26. The fraction of sp³-hybridized carbons (Fsp3) is 0.200. The molecule has 0 heterocycles. The molecule has 0 spiro atoms. The lowest BCUT2D eigenvalue weighted by molar-refractivity contribution is 0.322. The van der Waals surface area contributed by atoms with Crippen LogP contribution in [0.25, 0.3) is 0 Å². The normalized spacial score (nSPS) is 10.4. The van der Waals surface area contributed by atoms with Gasteiger partial charge in [0.05, 0.1) is 18.0 Å². The number of benzene rings is 2. The minimum Gasteiger partial charge on any atom is -0.491 e. The highest BCUT2D eigenvalue weighted by atomic mass is 19.1.